The van der Waals surface area contributed by atoms with E-state index in [1.807, 2.05) is 20.0 Å². The molecule has 1 aromatic rings. The fourth-order valence-electron chi connectivity index (χ4n) is 1.16. The highest BCUT2D eigenvalue weighted by Gasteiger charge is 2.15. The van der Waals surface area contributed by atoms with Gasteiger partial charge in [-0.3, -0.25) is 0 Å². The number of anilines is 1. The summed E-state index contributed by atoms with van der Waals surface area (Å²) in [5.41, 5.74) is 0.649. The van der Waals surface area contributed by atoms with E-state index < -0.39 is 0 Å². The number of aryl methyl sites for hydroxylation is 1. The summed E-state index contributed by atoms with van der Waals surface area (Å²) in [6, 6.07) is 1.90. The topological polar surface area (TPSA) is 38.3 Å². The van der Waals surface area contributed by atoms with Gasteiger partial charge in [-0.2, -0.15) is 0 Å². The van der Waals surface area contributed by atoms with Gasteiger partial charge in [-0.15, -0.1) is 11.3 Å². The number of hydrogen-bond acceptors (Lipinski definition) is 4. The van der Waals surface area contributed by atoms with Gasteiger partial charge in [-0.05, 0) is 19.4 Å². The third-order valence-corrected chi connectivity index (χ3v) is 3.15. The van der Waals surface area contributed by atoms with Gasteiger partial charge in [0.15, 0.2) is 0 Å². The summed E-state index contributed by atoms with van der Waals surface area (Å²) in [5.74, 6) is -0.243. The summed E-state index contributed by atoms with van der Waals surface area (Å²) < 4.78 is 4.96. The smallest absolute Gasteiger partial charge is 0.341 e. The summed E-state index contributed by atoms with van der Waals surface area (Å²) in [4.78, 5) is 12.7. The summed E-state index contributed by atoms with van der Waals surface area (Å²) >= 11 is 1.60. The van der Waals surface area contributed by atoms with Crippen LogP contribution in [0.1, 0.15) is 29.1 Å². The lowest BCUT2D eigenvalue weighted by Crippen LogP contribution is -2.05. The van der Waals surface area contributed by atoms with Crippen molar-refractivity contribution in [2.24, 2.45) is 0 Å². The first-order valence-electron chi connectivity index (χ1n) is 4.70. The average molecular weight is 213 g/mol. The minimum atomic E-state index is -0.243. The van der Waals surface area contributed by atoms with E-state index in [1.165, 1.54) is 4.88 Å². The normalized spacial score (nSPS) is 9.93. The maximum atomic E-state index is 11.5. The fraction of sp³-hybridized carbons (Fsp3) is 0.500. The molecule has 0 saturated carbocycles. The molecule has 78 valence electrons. The zero-order valence-corrected chi connectivity index (χ0v) is 9.53. The van der Waals surface area contributed by atoms with Gasteiger partial charge in [0.2, 0.25) is 0 Å². The Hall–Kier alpha value is -1.03. The Labute approximate surface area is 88.1 Å². The number of hydrogen-bond donors (Lipinski definition) is 1. The van der Waals surface area contributed by atoms with Crippen LogP contribution in [-0.4, -0.2) is 19.6 Å². The van der Waals surface area contributed by atoms with Crippen molar-refractivity contribution in [1.29, 1.82) is 0 Å². The maximum Gasteiger partial charge on any atom is 0.341 e. The first kappa shape index (κ1) is 11.0. The van der Waals surface area contributed by atoms with Crippen LogP contribution in [0.3, 0.4) is 0 Å². The van der Waals surface area contributed by atoms with Crippen LogP contribution >= 0.6 is 11.3 Å². The molecule has 0 atom stereocenters. The van der Waals surface area contributed by atoms with E-state index in [2.05, 4.69) is 12.2 Å². The molecule has 0 aliphatic carbocycles. The molecular formula is C10H15NO2S. The van der Waals surface area contributed by atoms with Crippen molar-refractivity contribution in [3.63, 3.8) is 0 Å². The van der Waals surface area contributed by atoms with Crippen LogP contribution in [0, 0.1) is 0 Å². The molecule has 3 nitrogen and oxygen atoms in total. The molecule has 0 aliphatic rings. The molecule has 0 fully saturated rings. The van der Waals surface area contributed by atoms with Crippen LogP contribution < -0.4 is 5.32 Å². The highest BCUT2D eigenvalue weighted by Crippen LogP contribution is 2.28. The largest absolute Gasteiger partial charge is 0.462 e. The lowest BCUT2D eigenvalue weighted by Gasteiger charge is -2.01. The van der Waals surface area contributed by atoms with E-state index in [-0.39, 0.29) is 5.97 Å². The molecule has 0 unspecified atom stereocenters. The predicted octanol–water partition coefficient (Wildman–Crippen LogP) is 2.53. The molecule has 0 amide bonds. The van der Waals surface area contributed by atoms with Crippen LogP contribution in [-0.2, 0) is 11.2 Å². The Morgan fingerprint density at radius 2 is 2.29 bits per heavy atom. The quantitative estimate of drug-likeness (QED) is 0.781. The Balaban J connectivity index is 2.93. The van der Waals surface area contributed by atoms with E-state index >= 15 is 0 Å². The van der Waals surface area contributed by atoms with E-state index in [9.17, 15) is 4.79 Å². The first-order valence-corrected chi connectivity index (χ1v) is 5.52. The minimum absolute atomic E-state index is 0.243. The number of nitrogens with one attached hydrogen (secondary N) is 1. The number of ether oxygens (including phenoxy) is 1. The molecule has 0 aliphatic heterocycles. The molecule has 1 heterocycles. The van der Waals surface area contributed by atoms with Crippen molar-refractivity contribution in [3.05, 3.63) is 16.5 Å². The van der Waals surface area contributed by atoms with Gasteiger partial charge in [-0.25, -0.2) is 4.79 Å². The number of carbonyl (C=O) groups excluding carboxylic acids is 1. The Morgan fingerprint density at radius 3 is 2.79 bits per heavy atom. The van der Waals surface area contributed by atoms with E-state index in [0.717, 1.165) is 11.4 Å². The van der Waals surface area contributed by atoms with Crippen LogP contribution in [0.25, 0.3) is 0 Å². The molecule has 0 aromatic carbocycles. The van der Waals surface area contributed by atoms with Crippen molar-refractivity contribution < 1.29 is 9.53 Å². The van der Waals surface area contributed by atoms with Gasteiger partial charge in [0.05, 0.1) is 12.2 Å². The molecule has 0 bridgehead atoms. The average Bonchev–Trinajstić information content (AvgIpc) is 2.61. The molecule has 14 heavy (non-hydrogen) atoms. The van der Waals surface area contributed by atoms with Crippen molar-refractivity contribution in [1.82, 2.24) is 0 Å². The van der Waals surface area contributed by atoms with Gasteiger partial charge in [-0.1, -0.05) is 6.92 Å². The molecule has 1 aromatic heterocycles. The minimum Gasteiger partial charge on any atom is -0.462 e. The van der Waals surface area contributed by atoms with Gasteiger partial charge < -0.3 is 10.1 Å². The molecule has 4 heteroatoms. The van der Waals surface area contributed by atoms with Crippen molar-refractivity contribution in [3.8, 4) is 0 Å². The molecule has 1 rings (SSSR count). The van der Waals surface area contributed by atoms with Crippen LogP contribution in [0.4, 0.5) is 5.00 Å². The molecular weight excluding hydrogens is 198 g/mol. The monoisotopic (exact) mass is 213 g/mol. The Morgan fingerprint density at radius 1 is 1.57 bits per heavy atom. The van der Waals surface area contributed by atoms with Gasteiger partial charge in [0.25, 0.3) is 0 Å². The summed E-state index contributed by atoms with van der Waals surface area (Å²) in [7, 11) is 1.81. The third-order valence-electron chi connectivity index (χ3n) is 1.85. The highest BCUT2D eigenvalue weighted by atomic mass is 32.1. The lowest BCUT2D eigenvalue weighted by molar-refractivity contribution is 0.0528. The predicted molar refractivity (Wildman–Crippen MR) is 59.2 cm³/mol. The zero-order valence-electron chi connectivity index (χ0n) is 8.72. The van der Waals surface area contributed by atoms with Crippen LogP contribution in [0.5, 0.6) is 0 Å². The number of rotatable bonds is 4. The first-order chi connectivity index (χ1) is 6.72. The molecule has 0 radical (unpaired) electrons. The second-order valence-electron chi connectivity index (χ2n) is 2.78. The van der Waals surface area contributed by atoms with Crippen LogP contribution in [0.2, 0.25) is 0 Å². The number of thiophene rings is 1. The second kappa shape index (κ2) is 5.00. The molecule has 1 N–H and O–H groups in total. The van der Waals surface area contributed by atoms with Gasteiger partial charge in [0.1, 0.15) is 5.00 Å². The molecule has 0 spiro atoms. The molecule has 0 saturated heterocycles. The second-order valence-corrected chi connectivity index (χ2v) is 3.92. The zero-order chi connectivity index (χ0) is 10.6. The summed E-state index contributed by atoms with van der Waals surface area (Å²) in [6.45, 7) is 4.30. The summed E-state index contributed by atoms with van der Waals surface area (Å²) in [5, 5.41) is 3.90. The van der Waals surface area contributed by atoms with Crippen molar-refractivity contribution >= 4 is 22.3 Å². The van der Waals surface area contributed by atoms with Crippen molar-refractivity contribution in [2.75, 3.05) is 19.0 Å². The van der Waals surface area contributed by atoms with Gasteiger partial charge in [0, 0.05) is 11.9 Å². The maximum absolute atomic E-state index is 11.5. The van der Waals surface area contributed by atoms with Gasteiger partial charge >= 0.3 is 5.97 Å². The Kier molecular flexibility index (Phi) is 3.95. The highest BCUT2D eigenvalue weighted by molar-refractivity contribution is 7.16. The standard InChI is InChI=1S/C10H15NO2S/c1-4-7-6-8(9(11-3)14-7)10(12)13-5-2/h6,11H,4-5H2,1-3H3. The fourth-order valence-corrected chi connectivity index (χ4v) is 2.10. The number of esters is 1. The van der Waals surface area contributed by atoms with E-state index in [1.54, 1.807) is 11.3 Å². The SMILES string of the molecule is CCOC(=O)c1cc(CC)sc1NC. The van der Waals surface area contributed by atoms with Crippen molar-refractivity contribution in [2.45, 2.75) is 20.3 Å². The summed E-state index contributed by atoms with van der Waals surface area (Å²) in [6.07, 6.45) is 0.943. The van der Waals surface area contributed by atoms with Crippen LogP contribution in [0.15, 0.2) is 6.07 Å². The number of carbonyl (C=O) groups is 1. The third kappa shape index (κ3) is 2.26. The van der Waals surface area contributed by atoms with E-state index in [4.69, 9.17) is 4.74 Å². The lowest BCUT2D eigenvalue weighted by atomic mass is 10.2. The van der Waals surface area contributed by atoms with E-state index in [0.29, 0.717) is 12.2 Å². The Bertz CT molecular complexity index is 320.